The van der Waals surface area contributed by atoms with E-state index in [1.165, 1.54) is 4.31 Å². The molecule has 0 aliphatic carbocycles. The molecule has 1 amide bonds. The molecule has 0 saturated carbocycles. The van der Waals surface area contributed by atoms with Crippen molar-refractivity contribution in [2.45, 2.75) is 24.2 Å². The van der Waals surface area contributed by atoms with Gasteiger partial charge < -0.3 is 10.1 Å². The maximum Gasteiger partial charge on any atom is 0.243 e. The van der Waals surface area contributed by atoms with Gasteiger partial charge in [0.05, 0.1) is 24.0 Å². The fraction of sp³-hybridized carbons (Fsp3) is 0.522. The summed E-state index contributed by atoms with van der Waals surface area (Å²) in [6.07, 6.45) is 2.30. The van der Waals surface area contributed by atoms with E-state index in [1.54, 1.807) is 12.1 Å². The van der Waals surface area contributed by atoms with Crippen molar-refractivity contribution in [2.75, 3.05) is 52.5 Å². The smallest absolute Gasteiger partial charge is 0.243 e. The second kappa shape index (κ2) is 10.1. The van der Waals surface area contributed by atoms with E-state index in [4.69, 9.17) is 4.74 Å². The Bertz CT molecular complexity index is 1000. The van der Waals surface area contributed by atoms with Gasteiger partial charge in [0.25, 0.3) is 0 Å². The summed E-state index contributed by atoms with van der Waals surface area (Å²) in [6.45, 7) is 5.68. The lowest BCUT2D eigenvalue weighted by Gasteiger charge is -2.31. The summed E-state index contributed by atoms with van der Waals surface area (Å²) in [5.74, 6) is -0.340. The lowest BCUT2D eigenvalue weighted by atomic mass is 9.99. The van der Waals surface area contributed by atoms with E-state index in [-0.39, 0.29) is 23.3 Å². The maximum absolute atomic E-state index is 13.2. The Morgan fingerprint density at radius 2 is 1.84 bits per heavy atom. The molecule has 1 N–H and O–H groups in total. The molecule has 0 bridgehead atoms. The highest BCUT2D eigenvalue weighted by atomic mass is 32.2. The lowest BCUT2D eigenvalue weighted by molar-refractivity contribution is -0.126. The molecule has 0 aromatic heterocycles. The number of nitrogens with one attached hydrogen (secondary N) is 1. The molecule has 1 atom stereocenters. The van der Waals surface area contributed by atoms with Gasteiger partial charge in [0.2, 0.25) is 15.9 Å². The molecule has 168 valence electrons. The molecule has 7 nitrogen and oxygen atoms in total. The van der Waals surface area contributed by atoms with Gasteiger partial charge in [-0.25, -0.2) is 8.42 Å². The van der Waals surface area contributed by atoms with E-state index < -0.39 is 10.0 Å². The van der Waals surface area contributed by atoms with Crippen molar-refractivity contribution in [1.29, 1.82) is 0 Å². The number of hydrogen-bond acceptors (Lipinski definition) is 5. The number of ether oxygens (including phenoxy) is 1. The van der Waals surface area contributed by atoms with Crippen LogP contribution in [0.5, 0.6) is 0 Å². The number of benzene rings is 2. The van der Waals surface area contributed by atoms with Gasteiger partial charge in [-0.15, -0.1) is 0 Å². The molecule has 2 saturated heterocycles. The van der Waals surface area contributed by atoms with E-state index in [0.717, 1.165) is 56.5 Å². The topological polar surface area (TPSA) is 79.0 Å². The number of morpholine rings is 1. The summed E-state index contributed by atoms with van der Waals surface area (Å²) in [7, 11) is -3.62. The maximum atomic E-state index is 13.2. The van der Waals surface area contributed by atoms with Crippen LogP contribution in [0.2, 0.25) is 0 Å². The summed E-state index contributed by atoms with van der Waals surface area (Å²) in [4.78, 5) is 15.3. The summed E-state index contributed by atoms with van der Waals surface area (Å²) < 4.78 is 33.2. The molecule has 4 rings (SSSR count). The van der Waals surface area contributed by atoms with Crippen LogP contribution < -0.4 is 5.32 Å². The lowest BCUT2D eigenvalue weighted by Crippen LogP contribution is -2.45. The average Bonchev–Trinajstić information content (AvgIpc) is 2.82. The molecule has 2 heterocycles. The van der Waals surface area contributed by atoms with Crippen molar-refractivity contribution >= 4 is 26.7 Å². The van der Waals surface area contributed by atoms with Crippen molar-refractivity contribution in [2.24, 2.45) is 5.92 Å². The van der Waals surface area contributed by atoms with Gasteiger partial charge in [0.15, 0.2) is 0 Å². The number of hydrogen-bond donors (Lipinski definition) is 1. The van der Waals surface area contributed by atoms with Crippen molar-refractivity contribution in [3.05, 3.63) is 42.5 Å². The monoisotopic (exact) mass is 445 g/mol. The van der Waals surface area contributed by atoms with Crippen LogP contribution in [0.1, 0.15) is 19.3 Å². The van der Waals surface area contributed by atoms with E-state index in [0.29, 0.717) is 19.5 Å². The minimum Gasteiger partial charge on any atom is -0.379 e. The molecule has 2 aliphatic rings. The molecule has 2 aromatic rings. The van der Waals surface area contributed by atoms with Gasteiger partial charge in [-0.05, 0) is 48.7 Å². The molecule has 8 heteroatoms. The van der Waals surface area contributed by atoms with Gasteiger partial charge in [-0.1, -0.05) is 30.3 Å². The molecule has 0 radical (unpaired) electrons. The van der Waals surface area contributed by atoms with Crippen LogP contribution in [0, 0.1) is 5.92 Å². The Labute approximate surface area is 184 Å². The number of nitrogens with zero attached hydrogens (tertiary/aromatic N) is 2. The van der Waals surface area contributed by atoms with Gasteiger partial charge >= 0.3 is 0 Å². The molecule has 2 fully saturated rings. The fourth-order valence-corrected chi connectivity index (χ4v) is 5.89. The Hall–Kier alpha value is -2.00. The molecule has 31 heavy (non-hydrogen) atoms. The number of amides is 1. The highest BCUT2D eigenvalue weighted by Crippen LogP contribution is 2.26. The summed E-state index contributed by atoms with van der Waals surface area (Å²) in [5, 5.41) is 4.92. The minimum absolute atomic E-state index is 0.0413. The zero-order valence-corrected chi connectivity index (χ0v) is 18.6. The van der Waals surface area contributed by atoms with E-state index in [1.807, 2.05) is 30.3 Å². The predicted molar refractivity (Wildman–Crippen MR) is 120 cm³/mol. The quantitative estimate of drug-likeness (QED) is 0.660. The first-order valence-corrected chi connectivity index (χ1v) is 12.5. The highest BCUT2D eigenvalue weighted by molar-refractivity contribution is 7.89. The van der Waals surface area contributed by atoms with Crippen LogP contribution in [0.15, 0.2) is 47.4 Å². The van der Waals surface area contributed by atoms with Gasteiger partial charge in [-0.2, -0.15) is 4.31 Å². The number of carbonyl (C=O) groups excluding carboxylic acids is 1. The molecule has 2 aromatic carbocycles. The zero-order valence-electron chi connectivity index (χ0n) is 17.8. The number of carbonyl (C=O) groups is 1. The van der Waals surface area contributed by atoms with Crippen LogP contribution >= 0.6 is 0 Å². The van der Waals surface area contributed by atoms with Crippen molar-refractivity contribution in [3.8, 4) is 0 Å². The molecular weight excluding hydrogens is 414 g/mol. The van der Waals surface area contributed by atoms with Gasteiger partial charge in [-0.3, -0.25) is 9.69 Å². The van der Waals surface area contributed by atoms with E-state index in [2.05, 4.69) is 10.2 Å². The highest BCUT2D eigenvalue weighted by Gasteiger charge is 2.33. The van der Waals surface area contributed by atoms with Crippen LogP contribution in [0.3, 0.4) is 0 Å². The minimum atomic E-state index is -3.62. The van der Waals surface area contributed by atoms with Gasteiger partial charge in [0.1, 0.15) is 0 Å². The fourth-order valence-electron chi connectivity index (χ4n) is 4.34. The Balaban J connectivity index is 1.32. The Morgan fingerprint density at radius 3 is 2.65 bits per heavy atom. The summed E-state index contributed by atoms with van der Waals surface area (Å²) >= 11 is 0. The van der Waals surface area contributed by atoms with E-state index in [9.17, 15) is 13.2 Å². The summed E-state index contributed by atoms with van der Waals surface area (Å²) in [5.41, 5.74) is 0. The molecule has 0 spiro atoms. The molecule has 0 unspecified atom stereocenters. The van der Waals surface area contributed by atoms with Crippen molar-refractivity contribution in [1.82, 2.24) is 14.5 Å². The first-order valence-electron chi connectivity index (χ1n) is 11.1. The van der Waals surface area contributed by atoms with Crippen LogP contribution in [-0.4, -0.2) is 76.0 Å². The number of sulfonamides is 1. The van der Waals surface area contributed by atoms with Crippen LogP contribution in [-0.2, 0) is 19.6 Å². The molecule has 2 aliphatic heterocycles. The second-order valence-corrected chi connectivity index (χ2v) is 10.2. The third-order valence-electron chi connectivity index (χ3n) is 6.17. The second-order valence-electron chi connectivity index (χ2n) is 8.31. The first kappa shape index (κ1) is 22.2. The van der Waals surface area contributed by atoms with Gasteiger partial charge in [0, 0.05) is 32.7 Å². The third-order valence-corrected chi connectivity index (χ3v) is 8.03. The molecular formula is C23H31N3O4S. The number of piperidine rings is 1. The first-order chi connectivity index (χ1) is 15.0. The standard InChI is InChI=1S/C23H31N3O4S/c27-23(24-10-4-11-25-13-15-30-16-14-25)21-7-3-12-26(18-21)31(28,29)22-9-8-19-5-1-2-6-20(19)17-22/h1-2,5-6,8-9,17,21H,3-4,7,10-16,18H2,(H,24,27)/t21-/m0/s1. The predicted octanol–water partition coefficient (Wildman–Crippen LogP) is 2.08. The Kier molecular flexibility index (Phi) is 7.22. The number of fused-ring (bicyclic) bond motifs is 1. The number of rotatable bonds is 7. The zero-order chi connectivity index (χ0) is 21.7. The SMILES string of the molecule is O=C(NCCCN1CCOCC1)[C@H]1CCCN(S(=O)(=O)c2ccc3ccccc3c2)C1. The van der Waals surface area contributed by atoms with Crippen molar-refractivity contribution in [3.63, 3.8) is 0 Å². The average molecular weight is 446 g/mol. The largest absolute Gasteiger partial charge is 0.379 e. The normalized spacial score (nSPS) is 21.2. The van der Waals surface area contributed by atoms with Crippen LogP contribution in [0.4, 0.5) is 0 Å². The third kappa shape index (κ3) is 5.44. The van der Waals surface area contributed by atoms with Crippen molar-refractivity contribution < 1.29 is 17.9 Å². The van der Waals surface area contributed by atoms with Crippen LogP contribution in [0.25, 0.3) is 10.8 Å². The van der Waals surface area contributed by atoms with E-state index >= 15 is 0 Å². The summed E-state index contributed by atoms with van der Waals surface area (Å²) in [6, 6.07) is 12.9. The Morgan fingerprint density at radius 1 is 1.06 bits per heavy atom.